The zero-order chi connectivity index (χ0) is 15.2. The Hall–Kier alpha value is -1.92. The van der Waals surface area contributed by atoms with E-state index < -0.39 is 5.82 Å². The lowest BCUT2D eigenvalue weighted by atomic mass is 10.2. The molecular formula is C14H16ClFN4O. The first-order valence-corrected chi connectivity index (χ1v) is 6.87. The first kappa shape index (κ1) is 15.5. The van der Waals surface area contributed by atoms with Crippen molar-refractivity contribution in [3.63, 3.8) is 0 Å². The van der Waals surface area contributed by atoms with Crippen LogP contribution in [-0.4, -0.2) is 29.9 Å². The maximum atomic E-state index is 13.7. The van der Waals surface area contributed by atoms with Gasteiger partial charge in [0.05, 0.1) is 18.4 Å². The zero-order valence-corrected chi connectivity index (χ0v) is 12.3. The number of nitrogens with one attached hydrogen (secondary N) is 2. The molecule has 5 nitrogen and oxygen atoms in total. The quantitative estimate of drug-likeness (QED) is 0.798. The molecule has 1 heterocycles. The standard InChI is InChI=1S/C14H16ClFN4O/c1-17-4-5-18-12-7-14(21)20(19-8-12)9-10-6-11(15)2-3-13(10)16/h2-3,6-8,17-18H,4-5,9H2,1H3. The molecule has 7 heteroatoms. The van der Waals surface area contributed by atoms with E-state index in [4.69, 9.17) is 11.6 Å². The van der Waals surface area contributed by atoms with E-state index in [0.29, 0.717) is 22.8 Å². The monoisotopic (exact) mass is 310 g/mol. The van der Waals surface area contributed by atoms with Gasteiger partial charge in [-0.25, -0.2) is 9.07 Å². The summed E-state index contributed by atoms with van der Waals surface area (Å²) in [4.78, 5) is 12.0. The second-order valence-electron chi connectivity index (χ2n) is 4.51. The molecule has 0 saturated carbocycles. The second kappa shape index (κ2) is 7.19. The molecule has 2 N–H and O–H groups in total. The normalized spacial score (nSPS) is 10.6. The Morgan fingerprint density at radius 1 is 1.33 bits per heavy atom. The van der Waals surface area contributed by atoms with E-state index in [1.165, 1.54) is 28.9 Å². The molecule has 0 fully saturated rings. The smallest absolute Gasteiger partial charge is 0.269 e. The van der Waals surface area contributed by atoms with Crippen molar-refractivity contribution >= 4 is 17.3 Å². The van der Waals surface area contributed by atoms with Crippen LogP contribution in [0.15, 0.2) is 35.3 Å². The number of halogens is 2. The minimum atomic E-state index is -0.413. The molecule has 112 valence electrons. The van der Waals surface area contributed by atoms with E-state index in [9.17, 15) is 9.18 Å². The number of rotatable bonds is 6. The van der Waals surface area contributed by atoms with E-state index in [1.807, 2.05) is 7.05 Å². The Morgan fingerprint density at radius 3 is 2.86 bits per heavy atom. The Balaban J connectivity index is 2.14. The van der Waals surface area contributed by atoms with Gasteiger partial charge in [0, 0.05) is 29.7 Å². The molecule has 0 aliphatic heterocycles. The first-order chi connectivity index (χ1) is 10.1. The van der Waals surface area contributed by atoms with E-state index in [2.05, 4.69) is 15.7 Å². The molecule has 1 aromatic carbocycles. The molecule has 21 heavy (non-hydrogen) atoms. The SMILES string of the molecule is CNCCNc1cnn(Cc2cc(Cl)ccc2F)c(=O)c1. The van der Waals surface area contributed by atoms with E-state index >= 15 is 0 Å². The van der Waals surface area contributed by atoms with Crippen molar-refractivity contribution < 1.29 is 4.39 Å². The van der Waals surface area contributed by atoms with Crippen molar-refractivity contribution in [1.82, 2.24) is 15.1 Å². The number of aromatic nitrogens is 2. The van der Waals surface area contributed by atoms with Crippen molar-refractivity contribution in [2.24, 2.45) is 0 Å². The maximum Gasteiger partial charge on any atom is 0.269 e. The molecule has 2 aromatic rings. The molecule has 0 aliphatic rings. The van der Waals surface area contributed by atoms with Gasteiger partial charge >= 0.3 is 0 Å². The molecule has 0 saturated heterocycles. The Labute approximate surface area is 126 Å². The van der Waals surface area contributed by atoms with E-state index in [1.54, 1.807) is 6.20 Å². The molecule has 0 atom stereocenters. The van der Waals surface area contributed by atoms with Gasteiger partial charge in [-0.05, 0) is 25.2 Å². The van der Waals surface area contributed by atoms with Crippen LogP contribution in [-0.2, 0) is 6.54 Å². The number of hydrogen-bond donors (Lipinski definition) is 2. The number of likely N-dealkylation sites (N-methyl/N-ethyl adjacent to an activating group) is 1. The number of hydrogen-bond acceptors (Lipinski definition) is 4. The largest absolute Gasteiger partial charge is 0.382 e. The van der Waals surface area contributed by atoms with Crippen LogP contribution in [0.4, 0.5) is 10.1 Å². The highest BCUT2D eigenvalue weighted by atomic mass is 35.5. The molecule has 0 amide bonds. The second-order valence-corrected chi connectivity index (χ2v) is 4.94. The van der Waals surface area contributed by atoms with Crippen molar-refractivity contribution in [3.8, 4) is 0 Å². The Morgan fingerprint density at radius 2 is 2.14 bits per heavy atom. The van der Waals surface area contributed by atoms with Crippen LogP contribution < -0.4 is 16.2 Å². The third kappa shape index (κ3) is 4.27. The van der Waals surface area contributed by atoms with Gasteiger partial charge in [0.2, 0.25) is 0 Å². The summed E-state index contributed by atoms with van der Waals surface area (Å²) >= 11 is 5.83. The molecular weight excluding hydrogens is 295 g/mol. The van der Waals surface area contributed by atoms with Crippen LogP contribution in [0.5, 0.6) is 0 Å². The molecule has 0 unspecified atom stereocenters. The summed E-state index contributed by atoms with van der Waals surface area (Å²) < 4.78 is 14.8. The molecule has 0 spiro atoms. The third-order valence-electron chi connectivity index (χ3n) is 2.90. The van der Waals surface area contributed by atoms with Crippen LogP contribution in [0.1, 0.15) is 5.56 Å². The molecule has 0 aliphatic carbocycles. The van der Waals surface area contributed by atoms with Crippen LogP contribution >= 0.6 is 11.6 Å². The molecule has 1 aromatic heterocycles. The summed E-state index contributed by atoms with van der Waals surface area (Å²) in [7, 11) is 1.84. The maximum absolute atomic E-state index is 13.7. The van der Waals surface area contributed by atoms with Crippen molar-refractivity contribution in [2.45, 2.75) is 6.54 Å². The van der Waals surface area contributed by atoms with E-state index in [-0.39, 0.29) is 12.1 Å². The van der Waals surface area contributed by atoms with Gasteiger partial charge in [-0.15, -0.1) is 0 Å². The van der Waals surface area contributed by atoms with Crippen molar-refractivity contribution in [1.29, 1.82) is 0 Å². The highest BCUT2D eigenvalue weighted by molar-refractivity contribution is 6.30. The number of nitrogens with zero attached hydrogens (tertiary/aromatic N) is 2. The predicted octanol–water partition coefficient (Wildman–Crippen LogP) is 1.72. The minimum Gasteiger partial charge on any atom is -0.382 e. The van der Waals surface area contributed by atoms with Crippen molar-refractivity contribution in [3.05, 3.63) is 57.2 Å². The summed E-state index contributed by atoms with van der Waals surface area (Å²) in [6.07, 6.45) is 1.54. The lowest BCUT2D eigenvalue weighted by Crippen LogP contribution is -2.24. The topological polar surface area (TPSA) is 59.0 Å². The summed E-state index contributed by atoms with van der Waals surface area (Å²) in [6.45, 7) is 1.50. The van der Waals surface area contributed by atoms with Gasteiger partial charge in [0.15, 0.2) is 0 Å². The molecule has 2 rings (SSSR count). The lowest BCUT2D eigenvalue weighted by Gasteiger charge is -2.09. The number of benzene rings is 1. The summed E-state index contributed by atoms with van der Waals surface area (Å²) in [5.41, 5.74) is 0.662. The summed E-state index contributed by atoms with van der Waals surface area (Å²) in [6, 6.07) is 5.66. The fourth-order valence-corrected chi connectivity index (χ4v) is 2.00. The zero-order valence-electron chi connectivity index (χ0n) is 11.6. The first-order valence-electron chi connectivity index (χ1n) is 6.49. The van der Waals surface area contributed by atoms with Gasteiger partial charge in [0.1, 0.15) is 5.82 Å². The Kier molecular flexibility index (Phi) is 5.30. The molecule has 0 radical (unpaired) electrons. The van der Waals surface area contributed by atoms with Gasteiger partial charge in [-0.2, -0.15) is 5.10 Å². The van der Waals surface area contributed by atoms with Crippen LogP contribution in [0, 0.1) is 5.82 Å². The third-order valence-corrected chi connectivity index (χ3v) is 3.14. The summed E-state index contributed by atoms with van der Waals surface area (Å²) in [5, 5.41) is 10.5. The average molecular weight is 311 g/mol. The minimum absolute atomic E-state index is 0.0437. The average Bonchev–Trinajstić information content (AvgIpc) is 2.46. The fraction of sp³-hybridized carbons (Fsp3) is 0.286. The predicted molar refractivity (Wildman–Crippen MR) is 81.4 cm³/mol. The van der Waals surface area contributed by atoms with Crippen LogP contribution in [0.3, 0.4) is 0 Å². The van der Waals surface area contributed by atoms with E-state index in [0.717, 1.165) is 6.54 Å². The van der Waals surface area contributed by atoms with Gasteiger partial charge in [-0.3, -0.25) is 4.79 Å². The van der Waals surface area contributed by atoms with Gasteiger partial charge < -0.3 is 10.6 Å². The van der Waals surface area contributed by atoms with Crippen molar-refractivity contribution in [2.75, 3.05) is 25.5 Å². The highest BCUT2D eigenvalue weighted by Gasteiger charge is 2.06. The Bertz CT molecular complexity index is 674. The summed E-state index contributed by atoms with van der Waals surface area (Å²) in [5.74, 6) is -0.413. The lowest BCUT2D eigenvalue weighted by molar-refractivity contribution is 0.572. The fourth-order valence-electron chi connectivity index (χ4n) is 1.81. The van der Waals surface area contributed by atoms with Gasteiger partial charge in [0.25, 0.3) is 5.56 Å². The van der Waals surface area contributed by atoms with Gasteiger partial charge in [-0.1, -0.05) is 11.6 Å². The molecule has 0 bridgehead atoms. The highest BCUT2D eigenvalue weighted by Crippen LogP contribution is 2.15. The van der Waals surface area contributed by atoms with Crippen LogP contribution in [0.25, 0.3) is 0 Å². The van der Waals surface area contributed by atoms with Crippen LogP contribution in [0.2, 0.25) is 5.02 Å². The number of anilines is 1.